The number of rotatable bonds is 6. The van der Waals surface area contributed by atoms with Gasteiger partial charge in [-0.1, -0.05) is 25.1 Å². The number of nitrogens with zero attached hydrogens (tertiary/aromatic N) is 1. The van der Waals surface area contributed by atoms with E-state index in [9.17, 15) is 15.0 Å². The Bertz CT molecular complexity index is 463. The van der Waals surface area contributed by atoms with E-state index in [2.05, 4.69) is 11.8 Å². The summed E-state index contributed by atoms with van der Waals surface area (Å²) in [4.78, 5) is 13.4. The Morgan fingerprint density at radius 3 is 2.80 bits per heavy atom. The van der Waals surface area contributed by atoms with E-state index in [1.54, 1.807) is 12.1 Å². The first-order chi connectivity index (χ1) is 9.63. The van der Waals surface area contributed by atoms with Crippen molar-refractivity contribution >= 4 is 5.97 Å². The van der Waals surface area contributed by atoms with Crippen molar-refractivity contribution in [3.63, 3.8) is 0 Å². The molecule has 0 aromatic heterocycles. The summed E-state index contributed by atoms with van der Waals surface area (Å²) < 4.78 is 5.34. The molecule has 0 radical (unpaired) electrons. The number of ether oxygens (including phenoxy) is 1. The summed E-state index contributed by atoms with van der Waals surface area (Å²) in [5, 5.41) is 19.1. The number of hydrogen-bond acceptors (Lipinski definition) is 4. The van der Waals surface area contributed by atoms with Crippen molar-refractivity contribution in [2.45, 2.75) is 25.9 Å². The number of aromatic hydroxyl groups is 1. The SMILES string of the molecule is CCCN(Cc1ccccc1O)C1COCC1C(=O)O. The molecule has 5 nitrogen and oxygen atoms in total. The van der Waals surface area contributed by atoms with Crippen LogP contribution in [0.3, 0.4) is 0 Å². The first-order valence-corrected chi connectivity index (χ1v) is 6.95. The van der Waals surface area contributed by atoms with Crippen molar-refractivity contribution in [3.8, 4) is 5.75 Å². The first kappa shape index (κ1) is 14.8. The van der Waals surface area contributed by atoms with Gasteiger partial charge in [-0.05, 0) is 19.0 Å². The second-order valence-electron chi connectivity index (χ2n) is 5.15. The van der Waals surface area contributed by atoms with Crippen molar-refractivity contribution in [1.29, 1.82) is 0 Å². The molecule has 1 aromatic rings. The molecule has 0 amide bonds. The summed E-state index contributed by atoms with van der Waals surface area (Å²) in [5.41, 5.74) is 0.817. The number of carboxylic acid groups (broad SMARTS) is 1. The van der Waals surface area contributed by atoms with E-state index in [0.29, 0.717) is 13.2 Å². The Labute approximate surface area is 118 Å². The zero-order valence-corrected chi connectivity index (χ0v) is 11.7. The summed E-state index contributed by atoms with van der Waals surface area (Å²) in [7, 11) is 0. The molecule has 0 aliphatic carbocycles. The lowest BCUT2D eigenvalue weighted by molar-refractivity contribution is -0.143. The predicted molar refractivity (Wildman–Crippen MR) is 74.5 cm³/mol. The van der Waals surface area contributed by atoms with Gasteiger partial charge in [0.05, 0.1) is 19.1 Å². The molecule has 0 spiro atoms. The van der Waals surface area contributed by atoms with Crippen LogP contribution in [0.5, 0.6) is 5.75 Å². The smallest absolute Gasteiger partial charge is 0.310 e. The van der Waals surface area contributed by atoms with Gasteiger partial charge in [0.15, 0.2) is 0 Å². The van der Waals surface area contributed by atoms with Crippen LogP contribution in [0.1, 0.15) is 18.9 Å². The molecule has 0 saturated carbocycles. The predicted octanol–water partition coefficient (Wildman–Crippen LogP) is 1.70. The monoisotopic (exact) mass is 279 g/mol. The third-order valence-corrected chi connectivity index (χ3v) is 3.71. The van der Waals surface area contributed by atoms with E-state index < -0.39 is 11.9 Å². The third kappa shape index (κ3) is 3.29. The average Bonchev–Trinajstić information content (AvgIpc) is 2.90. The van der Waals surface area contributed by atoms with Crippen LogP contribution in [0.2, 0.25) is 0 Å². The van der Waals surface area contributed by atoms with E-state index in [1.807, 2.05) is 12.1 Å². The minimum absolute atomic E-state index is 0.132. The normalized spacial score (nSPS) is 22.3. The maximum atomic E-state index is 11.3. The highest BCUT2D eigenvalue weighted by molar-refractivity contribution is 5.71. The fraction of sp³-hybridized carbons (Fsp3) is 0.533. The maximum Gasteiger partial charge on any atom is 0.310 e. The second kappa shape index (κ2) is 6.72. The summed E-state index contributed by atoms with van der Waals surface area (Å²) in [6, 6.07) is 7.04. The van der Waals surface area contributed by atoms with E-state index in [4.69, 9.17) is 4.74 Å². The Morgan fingerprint density at radius 1 is 1.40 bits per heavy atom. The lowest BCUT2D eigenvalue weighted by atomic mass is 10.0. The number of phenols is 1. The molecule has 2 rings (SSSR count). The number of phenolic OH excluding ortho intramolecular Hbond substituents is 1. The minimum atomic E-state index is -0.814. The molecule has 1 aliphatic heterocycles. The molecule has 2 unspecified atom stereocenters. The third-order valence-electron chi connectivity index (χ3n) is 3.71. The Morgan fingerprint density at radius 2 is 2.15 bits per heavy atom. The fourth-order valence-electron chi connectivity index (χ4n) is 2.65. The van der Waals surface area contributed by atoms with E-state index in [-0.39, 0.29) is 18.4 Å². The number of carboxylic acids is 1. The molecule has 5 heteroatoms. The molecule has 0 bridgehead atoms. The number of carbonyl (C=O) groups is 1. The fourth-order valence-corrected chi connectivity index (χ4v) is 2.65. The van der Waals surface area contributed by atoms with Crippen LogP contribution in [-0.4, -0.2) is 46.9 Å². The van der Waals surface area contributed by atoms with Crippen molar-refractivity contribution in [3.05, 3.63) is 29.8 Å². The minimum Gasteiger partial charge on any atom is -0.508 e. The van der Waals surface area contributed by atoms with Crippen LogP contribution >= 0.6 is 0 Å². The lowest BCUT2D eigenvalue weighted by Gasteiger charge is -2.30. The van der Waals surface area contributed by atoms with E-state index >= 15 is 0 Å². The largest absolute Gasteiger partial charge is 0.508 e. The number of hydrogen-bond donors (Lipinski definition) is 2. The lowest BCUT2D eigenvalue weighted by Crippen LogP contribution is -2.43. The zero-order valence-electron chi connectivity index (χ0n) is 11.7. The van der Waals surface area contributed by atoms with Gasteiger partial charge in [-0.2, -0.15) is 0 Å². The van der Waals surface area contributed by atoms with Crippen LogP contribution < -0.4 is 0 Å². The summed E-state index contributed by atoms with van der Waals surface area (Å²) >= 11 is 0. The molecule has 20 heavy (non-hydrogen) atoms. The molecular formula is C15H21NO4. The van der Waals surface area contributed by atoms with Crippen LogP contribution in [0.25, 0.3) is 0 Å². The van der Waals surface area contributed by atoms with Crippen LogP contribution in [-0.2, 0) is 16.1 Å². The van der Waals surface area contributed by atoms with Crippen LogP contribution in [0.15, 0.2) is 24.3 Å². The molecule has 1 saturated heterocycles. The van der Waals surface area contributed by atoms with Gasteiger partial charge in [-0.3, -0.25) is 9.69 Å². The van der Waals surface area contributed by atoms with E-state index in [1.165, 1.54) is 0 Å². The average molecular weight is 279 g/mol. The van der Waals surface area contributed by atoms with E-state index in [0.717, 1.165) is 18.5 Å². The van der Waals surface area contributed by atoms with Crippen molar-refractivity contribution in [2.24, 2.45) is 5.92 Å². The molecule has 1 heterocycles. The Balaban J connectivity index is 2.14. The quantitative estimate of drug-likeness (QED) is 0.829. The molecule has 2 N–H and O–H groups in total. The van der Waals surface area contributed by atoms with Gasteiger partial charge in [0.2, 0.25) is 0 Å². The standard InChI is InChI=1S/C15H21NO4/c1-2-7-16(8-11-5-3-4-6-14(11)17)13-10-20-9-12(13)15(18)19/h3-6,12-13,17H,2,7-10H2,1H3,(H,18,19). The topological polar surface area (TPSA) is 70.0 Å². The molecule has 1 fully saturated rings. The zero-order chi connectivity index (χ0) is 14.5. The van der Waals surface area contributed by atoms with Gasteiger partial charge < -0.3 is 14.9 Å². The number of benzene rings is 1. The highest BCUT2D eigenvalue weighted by Crippen LogP contribution is 2.25. The van der Waals surface area contributed by atoms with Gasteiger partial charge in [0.25, 0.3) is 0 Å². The molecular weight excluding hydrogens is 258 g/mol. The number of aliphatic carboxylic acids is 1. The van der Waals surface area contributed by atoms with Crippen molar-refractivity contribution in [1.82, 2.24) is 4.90 Å². The van der Waals surface area contributed by atoms with Gasteiger partial charge in [0.1, 0.15) is 5.75 Å². The van der Waals surface area contributed by atoms with Crippen LogP contribution in [0.4, 0.5) is 0 Å². The van der Waals surface area contributed by atoms with Gasteiger partial charge >= 0.3 is 5.97 Å². The summed E-state index contributed by atoms with van der Waals surface area (Å²) in [6.07, 6.45) is 0.927. The highest BCUT2D eigenvalue weighted by atomic mass is 16.5. The summed E-state index contributed by atoms with van der Waals surface area (Å²) in [6.45, 7) is 4.08. The Hall–Kier alpha value is -1.59. The maximum absolute atomic E-state index is 11.3. The van der Waals surface area contributed by atoms with Gasteiger partial charge in [-0.15, -0.1) is 0 Å². The van der Waals surface area contributed by atoms with Crippen molar-refractivity contribution < 1.29 is 19.7 Å². The second-order valence-corrected chi connectivity index (χ2v) is 5.15. The molecule has 110 valence electrons. The first-order valence-electron chi connectivity index (χ1n) is 6.95. The molecule has 2 atom stereocenters. The van der Waals surface area contributed by atoms with Gasteiger partial charge in [0, 0.05) is 18.2 Å². The summed E-state index contributed by atoms with van der Waals surface area (Å²) in [5.74, 6) is -1.06. The molecule has 1 aromatic carbocycles. The highest BCUT2D eigenvalue weighted by Gasteiger charge is 2.37. The number of para-hydroxylation sites is 1. The van der Waals surface area contributed by atoms with Crippen molar-refractivity contribution in [2.75, 3.05) is 19.8 Å². The Kier molecular flexibility index (Phi) is 4.98. The van der Waals surface area contributed by atoms with Crippen LogP contribution in [0, 0.1) is 5.92 Å². The molecule has 1 aliphatic rings. The van der Waals surface area contributed by atoms with Gasteiger partial charge in [-0.25, -0.2) is 0 Å².